The number of nitrogens with one attached hydrogen (secondary N) is 1. The predicted molar refractivity (Wildman–Crippen MR) is 74.6 cm³/mol. The van der Waals surface area contributed by atoms with Crippen LogP contribution in [0.1, 0.15) is 32.8 Å². The molecule has 1 aliphatic rings. The first kappa shape index (κ1) is 12.9. The van der Waals surface area contributed by atoms with Crippen molar-refractivity contribution in [3.05, 3.63) is 34.9 Å². The average molecular weight is 252 g/mol. The van der Waals surface area contributed by atoms with Crippen molar-refractivity contribution in [3.63, 3.8) is 0 Å². The van der Waals surface area contributed by atoms with Crippen LogP contribution in [0.25, 0.3) is 0 Å². The molecule has 1 aliphatic carbocycles. The molecule has 1 N–H and O–H groups in total. The van der Waals surface area contributed by atoms with Crippen LogP contribution in [0, 0.1) is 11.8 Å². The largest absolute Gasteiger partial charge is 0.316 e. The number of benzene rings is 1. The topological polar surface area (TPSA) is 12.0 Å². The van der Waals surface area contributed by atoms with E-state index in [9.17, 15) is 0 Å². The van der Waals surface area contributed by atoms with Gasteiger partial charge in [0.15, 0.2) is 0 Å². The van der Waals surface area contributed by atoms with Crippen LogP contribution in [0.3, 0.4) is 0 Å². The van der Waals surface area contributed by atoms with E-state index in [-0.39, 0.29) is 5.41 Å². The Kier molecular flexibility index (Phi) is 3.79. The van der Waals surface area contributed by atoms with Gasteiger partial charge in [-0.05, 0) is 36.4 Å². The van der Waals surface area contributed by atoms with Gasteiger partial charge in [0.25, 0.3) is 0 Å². The molecule has 1 nitrogen and oxygen atoms in total. The van der Waals surface area contributed by atoms with Crippen molar-refractivity contribution in [2.24, 2.45) is 11.8 Å². The Labute approximate surface area is 110 Å². The molecular weight excluding hydrogens is 230 g/mol. The van der Waals surface area contributed by atoms with Gasteiger partial charge in [-0.2, -0.15) is 0 Å². The summed E-state index contributed by atoms with van der Waals surface area (Å²) >= 11 is 6.33. The van der Waals surface area contributed by atoms with Crippen LogP contribution in [0.5, 0.6) is 0 Å². The first-order valence-electron chi connectivity index (χ1n) is 6.52. The Hall–Kier alpha value is -0.530. The molecule has 0 aliphatic heterocycles. The molecule has 1 aromatic carbocycles. The molecule has 17 heavy (non-hydrogen) atoms. The Morgan fingerprint density at radius 2 is 2.06 bits per heavy atom. The molecular formula is C15H22ClN. The Morgan fingerprint density at radius 3 is 2.59 bits per heavy atom. The van der Waals surface area contributed by atoms with Gasteiger partial charge >= 0.3 is 0 Å². The molecule has 2 heteroatoms. The Balaban J connectivity index is 2.08. The van der Waals surface area contributed by atoms with Gasteiger partial charge in [0.05, 0.1) is 0 Å². The zero-order valence-corrected chi connectivity index (χ0v) is 11.7. The van der Waals surface area contributed by atoms with Crippen LogP contribution in [0.4, 0.5) is 0 Å². The summed E-state index contributed by atoms with van der Waals surface area (Å²) in [5.41, 5.74) is 1.61. The van der Waals surface area contributed by atoms with Crippen molar-refractivity contribution in [2.45, 2.75) is 32.6 Å². The number of hydrogen-bond donors (Lipinski definition) is 1. The van der Waals surface area contributed by atoms with Crippen molar-refractivity contribution >= 4 is 11.6 Å². The lowest BCUT2D eigenvalue weighted by Crippen LogP contribution is -2.31. The standard InChI is InChI=1S/C15H22ClN/c1-11(2)9-17-10-15(8-12(15)3)13-6-4-5-7-14(13)16/h4-7,11-12,17H,8-10H2,1-3H3. The minimum atomic E-state index is 0.285. The van der Waals surface area contributed by atoms with Gasteiger partial charge in [-0.25, -0.2) is 0 Å². The van der Waals surface area contributed by atoms with Crippen LogP contribution in [-0.4, -0.2) is 13.1 Å². The highest BCUT2D eigenvalue weighted by Crippen LogP contribution is 2.55. The van der Waals surface area contributed by atoms with E-state index in [1.165, 1.54) is 12.0 Å². The summed E-state index contributed by atoms with van der Waals surface area (Å²) in [6, 6.07) is 8.29. The third-order valence-corrected chi connectivity index (χ3v) is 4.19. The number of halogens is 1. The van der Waals surface area contributed by atoms with Crippen molar-refractivity contribution in [1.82, 2.24) is 5.32 Å². The van der Waals surface area contributed by atoms with Crippen molar-refractivity contribution in [3.8, 4) is 0 Å². The Morgan fingerprint density at radius 1 is 1.41 bits per heavy atom. The lowest BCUT2D eigenvalue weighted by atomic mass is 9.93. The maximum Gasteiger partial charge on any atom is 0.0444 e. The molecule has 1 saturated carbocycles. The second-order valence-corrected chi connectivity index (χ2v) is 6.17. The summed E-state index contributed by atoms with van der Waals surface area (Å²) < 4.78 is 0. The fourth-order valence-electron chi connectivity index (χ4n) is 2.65. The lowest BCUT2D eigenvalue weighted by molar-refractivity contribution is 0.493. The lowest BCUT2D eigenvalue weighted by Gasteiger charge is -2.20. The molecule has 1 fully saturated rings. The third-order valence-electron chi connectivity index (χ3n) is 3.86. The summed E-state index contributed by atoms with van der Waals surface area (Å²) in [4.78, 5) is 0. The quantitative estimate of drug-likeness (QED) is 0.838. The summed E-state index contributed by atoms with van der Waals surface area (Å²) in [6.07, 6.45) is 1.25. The van der Waals surface area contributed by atoms with E-state index >= 15 is 0 Å². The molecule has 2 rings (SSSR count). The second-order valence-electron chi connectivity index (χ2n) is 5.77. The summed E-state index contributed by atoms with van der Waals surface area (Å²) in [6.45, 7) is 8.94. The molecule has 0 radical (unpaired) electrons. The SMILES string of the molecule is CC(C)CNCC1(c2ccccc2Cl)CC1C. The average Bonchev–Trinajstić information content (AvgIpc) is 2.90. The molecule has 2 unspecified atom stereocenters. The molecule has 94 valence electrons. The van der Waals surface area contributed by atoms with Gasteiger partial charge in [-0.15, -0.1) is 0 Å². The van der Waals surface area contributed by atoms with E-state index in [1.807, 2.05) is 12.1 Å². The predicted octanol–water partition coefficient (Wildman–Crippen LogP) is 3.86. The van der Waals surface area contributed by atoms with Crippen LogP contribution in [0.2, 0.25) is 5.02 Å². The minimum Gasteiger partial charge on any atom is -0.316 e. The maximum absolute atomic E-state index is 6.33. The molecule has 0 heterocycles. The van der Waals surface area contributed by atoms with Crippen molar-refractivity contribution in [2.75, 3.05) is 13.1 Å². The van der Waals surface area contributed by atoms with E-state index in [4.69, 9.17) is 11.6 Å². The molecule has 0 bridgehead atoms. The first-order valence-corrected chi connectivity index (χ1v) is 6.90. The van der Waals surface area contributed by atoms with Crippen molar-refractivity contribution in [1.29, 1.82) is 0 Å². The van der Waals surface area contributed by atoms with Gasteiger partial charge in [0.1, 0.15) is 0 Å². The second kappa shape index (κ2) is 4.99. The van der Waals surface area contributed by atoms with Gasteiger partial charge in [-0.1, -0.05) is 50.6 Å². The summed E-state index contributed by atoms with van der Waals surface area (Å²) in [5.74, 6) is 1.44. The number of rotatable bonds is 5. The van der Waals surface area contributed by atoms with Crippen LogP contribution in [0.15, 0.2) is 24.3 Å². The fourth-order valence-corrected chi connectivity index (χ4v) is 2.98. The van der Waals surface area contributed by atoms with Crippen LogP contribution >= 0.6 is 11.6 Å². The van der Waals surface area contributed by atoms with E-state index in [0.29, 0.717) is 5.92 Å². The minimum absolute atomic E-state index is 0.285. The zero-order chi connectivity index (χ0) is 12.5. The highest BCUT2D eigenvalue weighted by molar-refractivity contribution is 6.31. The Bertz CT molecular complexity index is 388. The number of hydrogen-bond acceptors (Lipinski definition) is 1. The van der Waals surface area contributed by atoms with Gasteiger partial charge < -0.3 is 5.32 Å². The maximum atomic E-state index is 6.33. The van der Waals surface area contributed by atoms with E-state index in [0.717, 1.165) is 24.0 Å². The summed E-state index contributed by atoms with van der Waals surface area (Å²) in [5, 5.41) is 4.50. The monoisotopic (exact) mass is 251 g/mol. The van der Waals surface area contributed by atoms with E-state index in [1.54, 1.807) is 0 Å². The highest BCUT2D eigenvalue weighted by Gasteiger charge is 2.52. The molecule has 0 spiro atoms. The van der Waals surface area contributed by atoms with Crippen molar-refractivity contribution < 1.29 is 0 Å². The third kappa shape index (κ3) is 2.66. The molecule has 0 saturated heterocycles. The van der Waals surface area contributed by atoms with Gasteiger partial charge in [0.2, 0.25) is 0 Å². The first-order chi connectivity index (χ1) is 8.06. The molecule has 0 aromatic heterocycles. The van der Waals surface area contributed by atoms with E-state index in [2.05, 4.69) is 38.2 Å². The summed E-state index contributed by atoms with van der Waals surface area (Å²) in [7, 11) is 0. The highest BCUT2D eigenvalue weighted by atomic mass is 35.5. The van der Waals surface area contributed by atoms with Crippen LogP contribution in [-0.2, 0) is 5.41 Å². The molecule has 2 atom stereocenters. The van der Waals surface area contributed by atoms with Crippen LogP contribution < -0.4 is 5.32 Å². The normalized spacial score (nSPS) is 27.5. The molecule has 1 aromatic rings. The zero-order valence-electron chi connectivity index (χ0n) is 11.0. The smallest absolute Gasteiger partial charge is 0.0444 e. The molecule has 0 amide bonds. The van der Waals surface area contributed by atoms with E-state index < -0.39 is 0 Å². The van der Waals surface area contributed by atoms with Gasteiger partial charge in [-0.3, -0.25) is 0 Å². The fraction of sp³-hybridized carbons (Fsp3) is 0.600. The van der Waals surface area contributed by atoms with Gasteiger partial charge in [0, 0.05) is 17.0 Å².